The molecule has 0 aliphatic rings. The van der Waals surface area contributed by atoms with Crippen molar-refractivity contribution < 1.29 is 0 Å². The molecule has 0 saturated carbocycles. The molecule has 0 bridgehead atoms. The molecule has 1 rings (SSSR count). The Balaban J connectivity index is 2.69. The second-order valence-electron chi connectivity index (χ2n) is 4.78. The molecule has 1 aromatic rings. The van der Waals surface area contributed by atoms with Crippen LogP contribution in [-0.4, -0.2) is 12.8 Å². The van der Waals surface area contributed by atoms with Gasteiger partial charge in [0.25, 0.3) is 0 Å². The van der Waals surface area contributed by atoms with Gasteiger partial charge in [-0.2, -0.15) is 0 Å². The zero-order valence-corrected chi connectivity index (χ0v) is 12.6. The maximum absolute atomic E-state index is 4.00. The van der Waals surface area contributed by atoms with Crippen molar-refractivity contribution in [2.45, 2.75) is 44.0 Å². The number of allylic oxidation sites excluding steroid dienone is 1. The van der Waals surface area contributed by atoms with E-state index in [4.69, 9.17) is 0 Å². The number of rotatable bonds is 8. The van der Waals surface area contributed by atoms with Gasteiger partial charge in [0.15, 0.2) is 0 Å². The van der Waals surface area contributed by atoms with E-state index in [-0.39, 0.29) is 0 Å². The first-order valence-corrected chi connectivity index (χ1v) is 7.91. The van der Waals surface area contributed by atoms with Gasteiger partial charge in [-0.1, -0.05) is 24.6 Å². The molecule has 1 atom stereocenters. The van der Waals surface area contributed by atoms with Gasteiger partial charge in [0.05, 0.1) is 0 Å². The number of thioether (sulfide) groups is 1. The summed E-state index contributed by atoms with van der Waals surface area (Å²) in [5, 5.41) is 3.63. The molecule has 0 aliphatic carbocycles. The Morgan fingerprint density at radius 1 is 1.33 bits per heavy atom. The Kier molecular flexibility index (Phi) is 7.14. The van der Waals surface area contributed by atoms with Gasteiger partial charge in [-0.15, -0.1) is 18.3 Å². The number of hydrogen-bond acceptors (Lipinski definition) is 2. The van der Waals surface area contributed by atoms with Crippen molar-refractivity contribution in [3.63, 3.8) is 0 Å². The summed E-state index contributed by atoms with van der Waals surface area (Å²) >= 11 is 1.79. The fraction of sp³-hybridized carbons (Fsp3) is 0.500. The molecule has 1 unspecified atom stereocenters. The molecular weight excluding hydrogens is 238 g/mol. The van der Waals surface area contributed by atoms with Crippen LogP contribution < -0.4 is 5.32 Å². The average molecular weight is 263 g/mol. The van der Waals surface area contributed by atoms with Gasteiger partial charge >= 0.3 is 0 Å². The summed E-state index contributed by atoms with van der Waals surface area (Å²) in [6.45, 7) is 9.38. The average Bonchev–Trinajstić information content (AvgIpc) is 2.39. The minimum atomic E-state index is 0.456. The van der Waals surface area contributed by atoms with Crippen molar-refractivity contribution in [3.05, 3.63) is 42.0 Å². The van der Waals surface area contributed by atoms with Crippen LogP contribution in [0.5, 0.6) is 0 Å². The van der Waals surface area contributed by atoms with Crippen LogP contribution in [0.3, 0.4) is 0 Å². The van der Waals surface area contributed by atoms with Crippen molar-refractivity contribution in [1.82, 2.24) is 5.32 Å². The van der Waals surface area contributed by atoms with E-state index < -0.39 is 0 Å². The molecule has 1 N–H and O–H groups in total. The van der Waals surface area contributed by atoms with E-state index in [0.29, 0.717) is 6.04 Å². The summed E-state index contributed by atoms with van der Waals surface area (Å²) in [5.74, 6) is 0. The van der Waals surface area contributed by atoms with E-state index in [1.807, 2.05) is 0 Å². The predicted molar refractivity (Wildman–Crippen MR) is 83.3 cm³/mol. The summed E-state index contributed by atoms with van der Waals surface area (Å²) in [5.41, 5.74) is 2.65. The van der Waals surface area contributed by atoms with Crippen molar-refractivity contribution >= 4 is 11.8 Å². The summed E-state index contributed by atoms with van der Waals surface area (Å²) in [4.78, 5) is 1.33. The molecule has 0 fully saturated rings. The molecule has 18 heavy (non-hydrogen) atoms. The first kappa shape index (κ1) is 15.3. The van der Waals surface area contributed by atoms with Crippen LogP contribution in [0.2, 0.25) is 0 Å². The van der Waals surface area contributed by atoms with Crippen LogP contribution in [-0.2, 0) is 0 Å². The Labute approximate surface area is 116 Å². The summed E-state index contributed by atoms with van der Waals surface area (Å²) < 4.78 is 0. The standard InChI is InChI=1S/C16H25NS/c1-5-12-17-16(11-6-13(2)3)14-7-9-15(18-4)10-8-14/h7-10,16-17H,2,5-6,11-12H2,1,3-4H3. The Hall–Kier alpha value is -0.730. The van der Waals surface area contributed by atoms with Crippen molar-refractivity contribution in [3.8, 4) is 0 Å². The molecule has 1 aromatic carbocycles. The first-order chi connectivity index (χ1) is 8.67. The molecule has 0 spiro atoms. The quantitative estimate of drug-likeness (QED) is 0.534. The lowest BCUT2D eigenvalue weighted by atomic mass is 10.00. The predicted octanol–water partition coefficient (Wildman–Crippen LogP) is 4.81. The van der Waals surface area contributed by atoms with Crippen LogP contribution in [0.25, 0.3) is 0 Å². The van der Waals surface area contributed by atoms with Crippen LogP contribution in [0.1, 0.15) is 44.7 Å². The van der Waals surface area contributed by atoms with E-state index in [1.54, 1.807) is 11.8 Å². The lowest BCUT2D eigenvalue weighted by Crippen LogP contribution is -2.22. The highest BCUT2D eigenvalue weighted by Gasteiger charge is 2.10. The molecule has 0 aliphatic heterocycles. The monoisotopic (exact) mass is 263 g/mol. The van der Waals surface area contributed by atoms with Crippen LogP contribution in [0.15, 0.2) is 41.3 Å². The Morgan fingerprint density at radius 3 is 2.50 bits per heavy atom. The Morgan fingerprint density at radius 2 is 2.00 bits per heavy atom. The minimum absolute atomic E-state index is 0.456. The van der Waals surface area contributed by atoms with Crippen molar-refractivity contribution in [1.29, 1.82) is 0 Å². The fourth-order valence-corrected chi connectivity index (χ4v) is 2.34. The SMILES string of the molecule is C=C(C)CCC(NCCC)c1ccc(SC)cc1. The van der Waals surface area contributed by atoms with Gasteiger partial charge in [0.1, 0.15) is 0 Å². The molecule has 0 saturated heterocycles. The lowest BCUT2D eigenvalue weighted by molar-refractivity contribution is 0.498. The van der Waals surface area contributed by atoms with Gasteiger partial charge in [-0.25, -0.2) is 0 Å². The first-order valence-electron chi connectivity index (χ1n) is 6.69. The molecule has 0 amide bonds. The molecule has 0 radical (unpaired) electrons. The maximum Gasteiger partial charge on any atom is 0.0323 e. The highest BCUT2D eigenvalue weighted by Crippen LogP contribution is 2.23. The third-order valence-corrected chi connectivity index (χ3v) is 3.76. The summed E-state index contributed by atoms with van der Waals surface area (Å²) in [7, 11) is 0. The largest absolute Gasteiger partial charge is 0.310 e. The smallest absolute Gasteiger partial charge is 0.0323 e. The normalized spacial score (nSPS) is 12.4. The zero-order valence-electron chi connectivity index (χ0n) is 11.8. The maximum atomic E-state index is 4.00. The van der Waals surface area contributed by atoms with E-state index >= 15 is 0 Å². The van der Waals surface area contributed by atoms with E-state index in [1.165, 1.54) is 22.5 Å². The van der Waals surface area contributed by atoms with Crippen LogP contribution in [0, 0.1) is 0 Å². The van der Waals surface area contributed by atoms with Gasteiger partial charge in [0.2, 0.25) is 0 Å². The molecule has 2 heteroatoms. The van der Waals surface area contributed by atoms with Gasteiger partial charge in [-0.3, -0.25) is 0 Å². The number of benzene rings is 1. The highest BCUT2D eigenvalue weighted by molar-refractivity contribution is 7.98. The van der Waals surface area contributed by atoms with Gasteiger partial charge < -0.3 is 5.32 Å². The van der Waals surface area contributed by atoms with Crippen LogP contribution in [0.4, 0.5) is 0 Å². The lowest BCUT2D eigenvalue weighted by Gasteiger charge is -2.19. The minimum Gasteiger partial charge on any atom is -0.310 e. The van der Waals surface area contributed by atoms with E-state index in [2.05, 4.69) is 56.3 Å². The molecule has 0 heterocycles. The third kappa shape index (κ3) is 5.28. The number of hydrogen-bond donors (Lipinski definition) is 1. The number of nitrogens with one attached hydrogen (secondary N) is 1. The second kappa shape index (κ2) is 8.39. The van der Waals surface area contributed by atoms with Gasteiger partial charge in [0, 0.05) is 10.9 Å². The van der Waals surface area contributed by atoms with Crippen molar-refractivity contribution in [2.24, 2.45) is 0 Å². The third-order valence-electron chi connectivity index (χ3n) is 3.02. The second-order valence-corrected chi connectivity index (χ2v) is 5.66. The molecule has 100 valence electrons. The van der Waals surface area contributed by atoms with Crippen molar-refractivity contribution in [2.75, 3.05) is 12.8 Å². The molecule has 0 aromatic heterocycles. The molecule has 1 nitrogen and oxygen atoms in total. The zero-order chi connectivity index (χ0) is 13.4. The Bertz CT molecular complexity index is 356. The summed E-state index contributed by atoms with van der Waals surface area (Å²) in [6.07, 6.45) is 5.51. The molecular formula is C16H25NS. The fourth-order valence-electron chi connectivity index (χ4n) is 1.93. The van der Waals surface area contributed by atoms with E-state index in [0.717, 1.165) is 19.4 Å². The summed E-state index contributed by atoms with van der Waals surface area (Å²) in [6, 6.07) is 9.37. The highest BCUT2D eigenvalue weighted by atomic mass is 32.2. The van der Waals surface area contributed by atoms with E-state index in [9.17, 15) is 0 Å². The van der Waals surface area contributed by atoms with Gasteiger partial charge in [-0.05, 0) is 56.7 Å². The topological polar surface area (TPSA) is 12.0 Å². The van der Waals surface area contributed by atoms with Crippen LogP contribution >= 0.6 is 11.8 Å².